The zero-order chi connectivity index (χ0) is 21.1. The smallest absolute Gasteiger partial charge is 0.243 e. The Morgan fingerprint density at radius 2 is 1.26 bits per heavy atom. The van der Waals surface area contributed by atoms with Crippen LogP contribution in [0.3, 0.4) is 0 Å². The van der Waals surface area contributed by atoms with Crippen molar-refractivity contribution in [2.45, 2.75) is 92.3 Å². The van der Waals surface area contributed by atoms with E-state index in [0.29, 0.717) is 25.7 Å². The predicted molar refractivity (Wildman–Crippen MR) is 106 cm³/mol. The minimum Gasteiger partial charge on any atom is -0.345 e. The second-order valence-corrected chi connectivity index (χ2v) is 8.03. The number of carbonyl (C=O) groups excluding carboxylic acids is 4. The van der Waals surface area contributed by atoms with Crippen LogP contribution in [0.5, 0.6) is 0 Å². The van der Waals surface area contributed by atoms with E-state index in [-0.39, 0.29) is 29.4 Å². The quantitative estimate of drug-likeness (QED) is 0.479. The largest absolute Gasteiger partial charge is 0.345 e. The molecule has 3 unspecified atom stereocenters. The molecule has 0 saturated carbocycles. The first kappa shape index (κ1) is 25.1. The first-order chi connectivity index (χ1) is 12.5. The molecule has 0 fully saturated rings. The van der Waals surface area contributed by atoms with Gasteiger partial charge in [0.25, 0.3) is 0 Å². The Kier molecular flexibility index (Phi) is 11.6. The topological polar surface area (TPSA) is 104 Å². The van der Waals surface area contributed by atoms with Gasteiger partial charge in [-0.15, -0.1) is 0 Å². The molecule has 0 aromatic rings. The van der Waals surface area contributed by atoms with E-state index in [2.05, 4.69) is 16.0 Å². The lowest BCUT2D eigenvalue weighted by Gasteiger charge is -2.24. The van der Waals surface area contributed by atoms with E-state index in [0.717, 1.165) is 0 Å². The number of hydrogen-bond donors (Lipinski definition) is 3. The standard InChI is InChI=1S/C20H37N3O4/c1-8-9-18(25)22-17(11-13(4)5)20(27)21-14(6)19(26)23-16(15(7)24)10-12(2)3/h12-14,16-17H,8-11H2,1-7H3,(H,21,27)(H,22,25)(H,23,26). The third-order valence-corrected chi connectivity index (χ3v) is 4.10. The van der Waals surface area contributed by atoms with Gasteiger partial charge in [0.15, 0.2) is 5.78 Å². The summed E-state index contributed by atoms with van der Waals surface area (Å²) in [6.45, 7) is 12.8. The lowest BCUT2D eigenvalue weighted by Crippen LogP contribution is -2.55. The first-order valence-corrected chi connectivity index (χ1v) is 9.88. The predicted octanol–water partition coefficient (Wildman–Crippen LogP) is 1.94. The Hall–Kier alpha value is -1.92. The first-order valence-electron chi connectivity index (χ1n) is 9.88. The number of nitrogens with one attached hydrogen (secondary N) is 3. The molecule has 7 heteroatoms. The van der Waals surface area contributed by atoms with E-state index in [1.54, 1.807) is 6.92 Å². The summed E-state index contributed by atoms with van der Waals surface area (Å²) in [6, 6.07) is -2.05. The Morgan fingerprint density at radius 1 is 0.741 bits per heavy atom. The van der Waals surface area contributed by atoms with Crippen LogP contribution in [0.4, 0.5) is 0 Å². The molecule has 0 aliphatic heterocycles. The molecule has 0 heterocycles. The fraction of sp³-hybridized carbons (Fsp3) is 0.800. The van der Waals surface area contributed by atoms with E-state index in [1.165, 1.54) is 6.92 Å². The zero-order valence-electron chi connectivity index (χ0n) is 17.8. The summed E-state index contributed by atoms with van der Waals surface area (Å²) < 4.78 is 0. The molecular weight excluding hydrogens is 346 g/mol. The van der Waals surface area contributed by atoms with Gasteiger partial charge in [0.1, 0.15) is 12.1 Å². The van der Waals surface area contributed by atoms with Crippen molar-refractivity contribution in [2.75, 3.05) is 0 Å². The third-order valence-electron chi connectivity index (χ3n) is 4.10. The van der Waals surface area contributed by atoms with Crippen LogP contribution in [0.25, 0.3) is 0 Å². The summed E-state index contributed by atoms with van der Waals surface area (Å²) in [6.07, 6.45) is 2.08. The minimum absolute atomic E-state index is 0.111. The number of hydrogen-bond acceptors (Lipinski definition) is 4. The van der Waals surface area contributed by atoms with Crippen molar-refractivity contribution in [3.05, 3.63) is 0 Å². The van der Waals surface area contributed by atoms with Gasteiger partial charge in [-0.3, -0.25) is 19.2 Å². The Morgan fingerprint density at radius 3 is 1.70 bits per heavy atom. The molecule has 3 amide bonds. The SMILES string of the molecule is CCCC(=O)NC(CC(C)C)C(=O)NC(C)C(=O)NC(CC(C)C)C(C)=O. The maximum absolute atomic E-state index is 12.6. The molecule has 0 saturated heterocycles. The molecule has 27 heavy (non-hydrogen) atoms. The summed E-state index contributed by atoms with van der Waals surface area (Å²) in [5, 5.41) is 8.10. The van der Waals surface area contributed by atoms with Crippen molar-refractivity contribution in [1.82, 2.24) is 16.0 Å². The number of rotatable bonds is 12. The molecular formula is C20H37N3O4. The lowest BCUT2D eigenvalue weighted by atomic mass is 10.0. The third kappa shape index (κ3) is 10.7. The zero-order valence-corrected chi connectivity index (χ0v) is 17.8. The van der Waals surface area contributed by atoms with Crippen LogP contribution in [0.15, 0.2) is 0 Å². The second-order valence-electron chi connectivity index (χ2n) is 8.03. The van der Waals surface area contributed by atoms with Gasteiger partial charge in [-0.1, -0.05) is 34.6 Å². The maximum atomic E-state index is 12.6. The Balaban J connectivity index is 4.90. The van der Waals surface area contributed by atoms with Crippen LogP contribution in [-0.4, -0.2) is 41.6 Å². The van der Waals surface area contributed by atoms with Crippen LogP contribution in [0.2, 0.25) is 0 Å². The monoisotopic (exact) mass is 383 g/mol. The second kappa shape index (κ2) is 12.5. The normalized spacial score (nSPS) is 14.4. The highest BCUT2D eigenvalue weighted by Gasteiger charge is 2.27. The molecule has 0 spiro atoms. The van der Waals surface area contributed by atoms with Crippen molar-refractivity contribution in [2.24, 2.45) is 11.8 Å². The van der Waals surface area contributed by atoms with E-state index >= 15 is 0 Å². The molecule has 0 aliphatic rings. The van der Waals surface area contributed by atoms with Crippen molar-refractivity contribution >= 4 is 23.5 Å². The highest BCUT2D eigenvalue weighted by Crippen LogP contribution is 2.08. The fourth-order valence-corrected chi connectivity index (χ4v) is 2.67. The molecule has 0 aromatic carbocycles. The molecule has 3 N–H and O–H groups in total. The molecule has 156 valence electrons. The van der Waals surface area contributed by atoms with E-state index < -0.39 is 24.0 Å². The van der Waals surface area contributed by atoms with Crippen molar-refractivity contribution in [3.8, 4) is 0 Å². The molecule has 3 atom stereocenters. The van der Waals surface area contributed by atoms with E-state index in [4.69, 9.17) is 0 Å². The summed E-state index contributed by atoms with van der Waals surface area (Å²) in [7, 11) is 0. The minimum atomic E-state index is -0.802. The van der Waals surface area contributed by atoms with Crippen LogP contribution < -0.4 is 16.0 Å². The Bertz CT molecular complexity index is 517. The number of carbonyl (C=O) groups is 4. The Labute approximate surface area is 163 Å². The summed E-state index contributed by atoms with van der Waals surface area (Å²) in [5.41, 5.74) is 0. The summed E-state index contributed by atoms with van der Waals surface area (Å²) in [4.78, 5) is 48.5. The molecule has 0 aliphatic carbocycles. The summed E-state index contributed by atoms with van der Waals surface area (Å²) in [5.74, 6) is -0.622. The molecule has 0 bridgehead atoms. The fourth-order valence-electron chi connectivity index (χ4n) is 2.67. The van der Waals surface area contributed by atoms with Gasteiger partial charge < -0.3 is 16.0 Å². The van der Waals surface area contributed by atoms with E-state index in [9.17, 15) is 19.2 Å². The van der Waals surface area contributed by atoms with Gasteiger partial charge in [0.2, 0.25) is 17.7 Å². The van der Waals surface area contributed by atoms with Gasteiger partial charge in [0.05, 0.1) is 6.04 Å². The van der Waals surface area contributed by atoms with Crippen LogP contribution >= 0.6 is 0 Å². The maximum Gasteiger partial charge on any atom is 0.243 e. The van der Waals surface area contributed by atoms with Gasteiger partial charge in [-0.05, 0) is 44.9 Å². The molecule has 7 nitrogen and oxygen atoms in total. The number of amides is 3. The van der Waals surface area contributed by atoms with Gasteiger partial charge in [-0.2, -0.15) is 0 Å². The number of Topliss-reactive ketones (excluding diaryl/α,β-unsaturated/α-hetero) is 1. The highest BCUT2D eigenvalue weighted by molar-refractivity contribution is 5.93. The van der Waals surface area contributed by atoms with Crippen LogP contribution in [-0.2, 0) is 19.2 Å². The van der Waals surface area contributed by atoms with Crippen molar-refractivity contribution in [1.29, 1.82) is 0 Å². The molecule has 0 aromatic heterocycles. The average Bonchev–Trinajstić information content (AvgIpc) is 2.52. The van der Waals surface area contributed by atoms with Crippen molar-refractivity contribution < 1.29 is 19.2 Å². The molecule has 0 radical (unpaired) electrons. The van der Waals surface area contributed by atoms with Crippen molar-refractivity contribution in [3.63, 3.8) is 0 Å². The van der Waals surface area contributed by atoms with E-state index in [1.807, 2.05) is 34.6 Å². The van der Waals surface area contributed by atoms with Gasteiger partial charge in [0, 0.05) is 6.42 Å². The molecule has 0 rings (SSSR count). The summed E-state index contributed by atoms with van der Waals surface area (Å²) >= 11 is 0. The average molecular weight is 384 g/mol. The van der Waals surface area contributed by atoms with Crippen LogP contribution in [0.1, 0.15) is 74.1 Å². The van der Waals surface area contributed by atoms with Gasteiger partial charge in [-0.25, -0.2) is 0 Å². The van der Waals surface area contributed by atoms with Crippen LogP contribution in [0, 0.1) is 11.8 Å². The lowest BCUT2D eigenvalue weighted by molar-refractivity contribution is -0.133. The number of ketones is 1. The van der Waals surface area contributed by atoms with Gasteiger partial charge >= 0.3 is 0 Å². The highest BCUT2D eigenvalue weighted by atomic mass is 16.2.